The quantitative estimate of drug-likeness (QED) is 0.653. The summed E-state index contributed by atoms with van der Waals surface area (Å²) in [4.78, 5) is 40.8. The number of carbonyl (C=O) groups is 3. The Balaban J connectivity index is 1.42. The van der Waals surface area contributed by atoms with E-state index in [2.05, 4.69) is 10.2 Å². The predicted molar refractivity (Wildman–Crippen MR) is 95.4 cm³/mol. The fourth-order valence-corrected chi connectivity index (χ4v) is 4.17. The Morgan fingerprint density at radius 2 is 1.85 bits per heavy atom. The summed E-state index contributed by atoms with van der Waals surface area (Å²) in [6.45, 7) is 4.41. The molecule has 0 aromatic carbocycles. The van der Waals surface area contributed by atoms with Crippen LogP contribution in [-0.4, -0.2) is 89.1 Å². The maximum Gasteiger partial charge on any atom is 0.324 e. The van der Waals surface area contributed by atoms with E-state index in [9.17, 15) is 19.5 Å². The van der Waals surface area contributed by atoms with Crippen molar-refractivity contribution in [3.05, 3.63) is 0 Å². The molecule has 0 radical (unpaired) electrons. The van der Waals surface area contributed by atoms with Gasteiger partial charge in [0.25, 0.3) is 0 Å². The summed E-state index contributed by atoms with van der Waals surface area (Å²) in [5.74, 6) is -0.188. The molecule has 4 amide bonds. The van der Waals surface area contributed by atoms with E-state index in [1.165, 1.54) is 17.7 Å². The van der Waals surface area contributed by atoms with Gasteiger partial charge in [-0.15, -0.1) is 0 Å². The van der Waals surface area contributed by atoms with Gasteiger partial charge in [0.15, 0.2) is 0 Å². The molecule has 8 heteroatoms. The van der Waals surface area contributed by atoms with Gasteiger partial charge in [-0.25, -0.2) is 4.79 Å². The SMILES string of the molecule is O=C(CCCN1C(=O)CNC1=O)N1CCCC(O)(CN2CCCC2)CC1. The molecule has 0 aromatic heterocycles. The van der Waals surface area contributed by atoms with Gasteiger partial charge >= 0.3 is 6.03 Å². The van der Waals surface area contributed by atoms with Crippen LogP contribution in [-0.2, 0) is 9.59 Å². The van der Waals surface area contributed by atoms with E-state index in [0.717, 1.165) is 25.9 Å². The molecule has 3 fully saturated rings. The molecule has 8 nitrogen and oxygen atoms in total. The number of amides is 4. The first-order valence-corrected chi connectivity index (χ1v) is 9.78. The van der Waals surface area contributed by atoms with Crippen LogP contribution in [0.4, 0.5) is 4.79 Å². The average molecular weight is 366 g/mol. The summed E-state index contributed by atoms with van der Waals surface area (Å²) in [7, 11) is 0. The number of hydrogen-bond donors (Lipinski definition) is 2. The van der Waals surface area contributed by atoms with Crippen LogP contribution < -0.4 is 5.32 Å². The van der Waals surface area contributed by atoms with Crippen LogP contribution in [0.25, 0.3) is 0 Å². The van der Waals surface area contributed by atoms with Crippen LogP contribution in [0.5, 0.6) is 0 Å². The van der Waals surface area contributed by atoms with Crippen LogP contribution in [0.2, 0.25) is 0 Å². The van der Waals surface area contributed by atoms with E-state index < -0.39 is 5.60 Å². The Bertz CT molecular complexity index is 533. The third kappa shape index (κ3) is 4.73. The summed E-state index contributed by atoms with van der Waals surface area (Å²) in [5, 5.41) is 13.4. The number of hydrogen-bond acceptors (Lipinski definition) is 5. The minimum Gasteiger partial charge on any atom is -0.388 e. The Labute approximate surface area is 154 Å². The molecule has 0 bridgehead atoms. The number of nitrogens with one attached hydrogen (secondary N) is 1. The maximum absolute atomic E-state index is 12.5. The minimum atomic E-state index is -0.695. The molecule has 26 heavy (non-hydrogen) atoms. The number of imide groups is 1. The number of rotatable bonds is 6. The van der Waals surface area contributed by atoms with Gasteiger partial charge in [-0.3, -0.25) is 14.5 Å². The molecule has 3 saturated heterocycles. The second-order valence-electron chi connectivity index (χ2n) is 7.75. The normalized spacial score (nSPS) is 27.7. The largest absolute Gasteiger partial charge is 0.388 e. The molecule has 3 rings (SSSR count). The Kier molecular flexibility index (Phi) is 6.13. The van der Waals surface area contributed by atoms with E-state index in [-0.39, 0.29) is 30.9 Å². The summed E-state index contributed by atoms with van der Waals surface area (Å²) in [6, 6.07) is -0.371. The van der Waals surface area contributed by atoms with E-state index in [0.29, 0.717) is 38.9 Å². The van der Waals surface area contributed by atoms with E-state index in [1.54, 1.807) is 0 Å². The van der Waals surface area contributed by atoms with Crippen molar-refractivity contribution in [1.29, 1.82) is 0 Å². The highest BCUT2D eigenvalue weighted by Crippen LogP contribution is 2.25. The highest BCUT2D eigenvalue weighted by molar-refractivity contribution is 6.01. The predicted octanol–water partition coefficient (Wildman–Crippen LogP) is 0.158. The molecule has 3 aliphatic heterocycles. The standard InChI is InChI=1S/C18H30N4O4/c23-15(5-3-11-22-16(24)13-19-17(22)25)21-10-4-6-18(26,7-12-21)14-20-8-1-2-9-20/h26H,1-14H2,(H,19,25). The highest BCUT2D eigenvalue weighted by Gasteiger charge is 2.34. The van der Waals surface area contributed by atoms with E-state index in [1.807, 2.05) is 4.90 Å². The van der Waals surface area contributed by atoms with Gasteiger partial charge in [0.05, 0.1) is 12.1 Å². The molecule has 1 atom stereocenters. The lowest BCUT2D eigenvalue weighted by Gasteiger charge is -2.31. The molecular weight excluding hydrogens is 336 g/mol. The number of urea groups is 1. The second kappa shape index (κ2) is 8.35. The topological polar surface area (TPSA) is 93.2 Å². The lowest BCUT2D eigenvalue weighted by molar-refractivity contribution is -0.132. The van der Waals surface area contributed by atoms with Gasteiger partial charge in [0, 0.05) is 32.6 Å². The van der Waals surface area contributed by atoms with Crippen molar-refractivity contribution >= 4 is 17.8 Å². The smallest absolute Gasteiger partial charge is 0.324 e. The molecule has 0 aliphatic carbocycles. The lowest BCUT2D eigenvalue weighted by atomic mass is 9.94. The van der Waals surface area contributed by atoms with Crippen LogP contribution in [0, 0.1) is 0 Å². The average Bonchev–Trinajstić information content (AvgIpc) is 3.16. The first-order chi connectivity index (χ1) is 12.5. The van der Waals surface area contributed by atoms with Crippen LogP contribution in [0.3, 0.4) is 0 Å². The Hall–Kier alpha value is -1.67. The molecular formula is C18H30N4O4. The minimum absolute atomic E-state index is 0.0440. The van der Waals surface area contributed by atoms with Crippen molar-refractivity contribution in [3.63, 3.8) is 0 Å². The third-order valence-electron chi connectivity index (χ3n) is 5.70. The van der Waals surface area contributed by atoms with Gasteiger partial charge in [0.2, 0.25) is 11.8 Å². The van der Waals surface area contributed by atoms with Gasteiger partial charge in [-0.2, -0.15) is 0 Å². The van der Waals surface area contributed by atoms with Crippen LogP contribution in [0.15, 0.2) is 0 Å². The summed E-state index contributed by atoms with van der Waals surface area (Å²) < 4.78 is 0. The number of nitrogens with zero attached hydrogens (tertiary/aromatic N) is 3. The molecule has 0 spiro atoms. The Morgan fingerprint density at radius 1 is 1.08 bits per heavy atom. The van der Waals surface area contributed by atoms with Crippen LogP contribution in [0.1, 0.15) is 44.9 Å². The summed E-state index contributed by atoms with van der Waals surface area (Å²) >= 11 is 0. The van der Waals surface area contributed by atoms with E-state index in [4.69, 9.17) is 0 Å². The first-order valence-electron chi connectivity index (χ1n) is 9.78. The zero-order chi connectivity index (χ0) is 18.6. The number of likely N-dealkylation sites (tertiary alicyclic amines) is 2. The lowest BCUT2D eigenvalue weighted by Crippen LogP contribution is -2.43. The summed E-state index contributed by atoms with van der Waals surface area (Å²) in [5.41, 5.74) is -0.695. The van der Waals surface area contributed by atoms with Crippen molar-refractivity contribution < 1.29 is 19.5 Å². The zero-order valence-electron chi connectivity index (χ0n) is 15.4. The van der Waals surface area contributed by atoms with Gasteiger partial charge in [-0.1, -0.05) is 0 Å². The molecule has 0 aromatic rings. The third-order valence-corrected chi connectivity index (χ3v) is 5.70. The van der Waals surface area contributed by atoms with Crippen molar-refractivity contribution in [1.82, 2.24) is 20.0 Å². The first kappa shape index (κ1) is 19.1. The maximum atomic E-state index is 12.5. The fourth-order valence-electron chi connectivity index (χ4n) is 4.17. The number of β-amino-alcohol motifs (C(OH)–C–C–N with tert-alkyl or cyclic N) is 1. The molecule has 146 valence electrons. The molecule has 2 N–H and O–H groups in total. The van der Waals surface area contributed by atoms with Gasteiger partial charge < -0.3 is 20.2 Å². The highest BCUT2D eigenvalue weighted by atomic mass is 16.3. The fraction of sp³-hybridized carbons (Fsp3) is 0.833. The molecule has 3 heterocycles. The van der Waals surface area contributed by atoms with Crippen molar-refractivity contribution in [2.24, 2.45) is 0 Å². The van der Waals surface area contributed by atoms with Gasteiger partial charge in [0.1, 0.15) is 0 Å². The molecule has 1 unspecified atom stereocenters. The van der Waals surface area contributed by atoms with Crippen molar-refractivity contribution in [2.75, 3.05) is 45.8 Å². The molecule has 0 saturated carbocycles. The second-order valence-corrected chi connectivity index (χ2v) is 7.75. The van der Waals surface area contributed by atoms with Crippen molar-refractivity contribution in [3.8, 4) is 0 Å². The zero-order valence-corrected chi connectivity index (χ0v) is 15.4. The number of carbonyl (C=O) groups excluding carboxylic acids is 3. The number of aliphatic hydroxyl groups is 1. The summed E-state index contributed by atoms with van der Waals surface area (Å²) in [6.07, 6.45) is 5.37. The van der Waals surface area contributed by atoms with Crippen LogP contribution >= 0.6 is 0 Å². The van der Waals surface area contributed by atoms with E-state index >= 15 is 0 Å². The Morgan fingerprint density at radius 3 is 2.54 bits per heavy atom. The van der Waals surface area contributed by atoms with Crippen molar-refractivity contribution in [2.45, 2.75) is 50.5 Å². The molecule has 3 aliphatic rings. The van der Waals surface area contributed by atoms with Gasteiger partial charge in [-0.05, 0) is 51.6 Å². The monoisotopic (exact) mass is 366 g/mol.